The molecule has 1 N–H and O–H groups in total. The van der Waals surface area contributed by atoms with Crippen molar-refractivity contribution in [2.24, 2.45) is 11.8 Å². The molecule has 0 bridgehead atoms. The van der Waals surface area contributed by atoms with Crippen LogP contribution in [0.2, 0.25) is 0 Å². The van der Waals surface area contributed by atoms with Gasteiger partial charge in [0, 0.05) is 13.1 Å². The smallest absolute Gasteiger partial charge is 0.0639 e. The third-order valence-corrected chi connectivity index (χ3v) is 2.77. The Hall–Kier alpha value is -0.0800. The highest BCUT2D eigenvalue weighted by atomic mass is 16.3. The van der Waals surface area contributed by atoms with Gasteiger partial charge in [-0.25, -0.2) is 0 Å². The molecule has 72 valence electrons. The van der Waals surface area contributed by atoms with Gasteiger partial charge in [-0.05, 0) is 31.7 Å². The van der Waals surface area contributed by atoms with Crippen molar-refractivity contribution in [1.29, 1.82) is 0 Å². The Balaban J connectivity index is 2.26. The van der Waals surface area contributed by atoms with Crippen molar-refractivity contribution in [3.8, 4) is 0 Å². The molecule has 1 aliphatic heterocycles. The summed E-state index contributed by atoms with van der Waals surface area (Å²) in [4.78, 5) is 2.37. The van der Waals surface area contributed by atoms with Crippen molar-refractivity contribution in [3.05, 3.63) is 0 Å². The third-order valence-electron chi connectivity index (χ3n) is 2.77. The lowest BCUT2D eigenvalue weighted by Crippen LogP contribution is -2.29. The van der Waals surface area contributed by atoms with Gasteiger partial charge in [0.1, 0.15) is 0 Å². The van der Waals surface area contributed by atoms with Crippen LogP contribution in [0.1, 0.15) is 27.2 Å². The van der Waals surface area contributed by atoms with Crippen LogP contribution in [0.25, 0.3) is 0 Å². The Bertz CT molecular complexity index is 134. The highest BCUT2D eigenvalue weighted by molar-refractivity contribution is 4.78. The van der Waals surface area contributed by atoms with E-state index in [0.717, 1.165) is 18.4 Å². The molecule has 12 heavy (non-hydrogen) atoms. The van der Waals surface area contributed by atoms with Gasteiger partial charge < -0.3 is 10.0 Å². The van der Waals surface area contributed by atoms with Gasteiger partial charge in [-0.2, -0.15) is 0 Å². The Morgan fingerprint density at radius 2 is 2.08 bits per heavy atom. The Morgan fingerprint density at radius 1 is 1.42 bits per heavy atom. The van der Waals surface area contributed by atoms with Crippen molar-refractivity contribution in [2.45, 2.75) is 33.3 Å². The number of β-amino-alcohol motifs (C(OH)–C–C–N with tert-alkyl or cyclic N) is 1. The van der Waals surface area contributed by atoms with Crippen LogP contribution in [-0.2, 0) is 0 Å². The van der Waals surface area contributed by atoms with Crippen LogP contribution in [0, 0.1) is 11.8 Å². The van der Waals surface area contributed by atoms with E-state index in [2.05, 4.69) is 18.7 Å². The summed E-state index contributed by atoms with van der Waals surface area (Å²) in [6.07, 6.45) is 1.14. The van der Waals surface area contributed by atoms with Crippen LogP contribution >= 0.6 is 0 Å². The average molecular weight is 171 g/mol. The van der Waals surface area contributed by atoms with Crippen LogP contribution in [0.15, 0.2) is 0 Å². The largest absolute Gasteiger partial charge is 0.392 e. The highest BCUT2D eigenvalue weighted by Gasteiger charge is 2.24. The molecule has 2 nitrogen and oxygen atoms in total. The first-order chi connectivity index (χ1) is 5.59. The van der Waals surface area contributed by atoms with E-state index >= 15 is 0 Å². The maximum Gasteiger partial charge on any atom is 0.0639 e. The zero-order valence-electron chi connectivity index (χ0n) is 8.45. The molecule has 1 heterocycles. The van der Waals surface area contributed by atoms with Crippen molar-refractivity contribution in [1.82, 2.24) is 4.90 Å². The molecule has 1 unspecified atom stereocenters. The molecule has 2 atom stereocenters. The lowest BCUT2D eigenvalue weighted by molar-refractivity contribution is 0.137. The van der Waals surface area contributed by atoms with E-state index in [-0.39, 0.29) is 6.10 Å². The fourth-order valence-corrected chi connectivity index (χ4v) is 1.95. The van der Waals surface area contributed by atoms with E-state index in [1.807, 2.05) is 6.92 Å². The second-order valence-corrected chi connectivity index (χ2v) is 4.40. The molecule has 0 amide bonds. The molecule has 0 radical (unpaired) electrons. The summed E-state index contributed by atoms with van der Waals surface area (Å²) in [6.45, 7) is 9.65. The zero-order valence-corrected chi connectivity index (χ0v) is 8.45. The van der Waals surface area contributed by atoms with E-state index in [4.69, 9.17) is 0 Å². The number of nitrogens with zero attached hydrogens (tertiary/aromatic N) is 1. The van der Waals surface area contributed by atoms with E-state index in [1.165, 1.54) is 19.5 Å². The topological polar surface area (TPSA) is 23.5 Å². The summed E-state index contributed by atoms with van der Waals surface area (Å²) < 4.78 is 0. The third kappa shape index (κ3) is 2.76. The van der Waals surface area contributed by atoms with Gasteiger partial charge in [0.25, 0.3) is 0 Å². The minimum Gasteiger partial charge on any atom is -0.392 e. The molecule has 2 heteroatoms. The van der Waals surface area contributed by atoms with Crippen LogP contribution in [0.3, 0.4) is 0 Å². The van der Waals surface area contributed by atoms with E-state index in [1.54, 1.807) is 0 Å². The van der Waals surface area contributed by atoms with Gasteiger partial charge in [-0.15, -0.1) is 0 Å². The predicted octanol–water partition coefficient (Wildman–Crippen LogP) is 1.35. The first-order valence-corrected chi connectivity index (χ1v) is 5.00. The predicted molar refractivity (Wildman–Crippen MR) is 51.1 cm³/mol. The molecule has 1 rings (SSSR count). The maximum atomic E-state index is 9.20. The monoisotopic (exact) mass is 171 g/mol. The number of aliphatic hydroxyl groups excluding tert-OH is 1. The minimum atomic E-state index is -0.170. The number of rotatable bonds is 3. The van der Waals surface area contributed by atoms with Crippen molar-refractivity contribution >= 4 is 0 Å². The number of hydrogen-bond acceptors (Lipinski definition) is 2. The number of aliphatic hydroxyl groups is 1. The SMILES string of the molecule is CC(C)C1CCN(C[C@H](C)O)C1. The van der Waals surface area contributed by atoms with Crippen LogP contribution in [0.4, 0.5) is 0 Å². The fourth-order valence-electron chi connectivity index (χ4n) is 1.95. The lowest BCUT2D eigenvalue weighted by Gasteiger charge is -2.18. The second-order valence-electron chi connectivity index (χ2n) is 4.40. The Labute approximate surface area is 75.6 Å². The quantitative estimate of drug-likeness (QED) is 0.693. The van der Waals surface area contributed by atoms with Crippen molar-refractivity contribution in [2.75, 3.05) is 19.6 Å². The van der Waals surface area contributed by atoms with E-state index in [0.29, 0.717) is 0 Å². The van der Waals surface area contributed by atoms with E-state index in [9.17, 15) is 5.11 Å². The molecule has 0 aromatic heterocycles. The van der Waals surface area contributed by atoms with Gasteiger partial charge in [0.15, 0.2) is 0 Å². The molecule has 0 spiro atoms. The van der Waals surface area contributed by atoms with Crippen LogP contribution in [-0.4, -0.2) is 35.7 Å². The molecular formula is C10H21NO. The van der Waals surface area contributed by atoms with Crippen molar-refractivity contribution < 1.29 is 5.11 Å². The molecule has 0 saturated carbocycles. The summed E-state index contributed by atoms with van der Waals surface area (Å²) in [5.74, 6) is 1.65. The fraction of sp³-hybridized carbons (Fsp3) is 1.00. The average Bonchev–Trinajstić information content (AvgIpc) is 2.34. The summed E-state index contributed by atoms with van der Waals surface area (Å²) in [5, 5.41) is 9.20. The number of hydrogen-bond donors (Lipinski definition) is 1. The van der Waals surface area contributed by atoms with E-state index < -0.39 is 0 Å². The highest BCUT2D eigenvalue weighted by Crippen LogP contribution is 2.23. The molecule has 1 aliphatic rings. The molecule has 0 aromatic rings. The van der Waals surface area contributed by atoms with Crippen molar-refractivity contribution in [3.63, 3.8) is 0 Å². The second kappa shape index (κ2) is 4.24. The van der Waals surface area contributed by atoms with Gasteiger partial charge in [-0.1, -0.05) is 13.8 Å². The summed E-state index contributed by atoms with van der Waals surface area (Å²) in [5.41, 5.74) is 0. The molecule has 0 aliphatic carbocycles. The van der Waals surface area contributed by atoms with Crippen LogP contribution < -0.4 is 0 Å². The van der Waals surface area contributed by atoms with Gasteiger partial charge in [-0.3, -0.25) is 0 Å². The summed E-state index contributed by atoms with van der Waals surface area (Å²) in [7, 11) is 0. The minimum absolute atomic E-state index is 0.170. The van der Waals surface area contributed by atoms with Gasteiger partial charge in [0.05, 0.1) is 6.10 Å². The van der Waals surface area contributed by atoms with Crippen LogP contribution in [0.5, 0.6) is 0 Å². The van der Waals surface area contributed by atoms with Gasteiger partial charge >= 0.3 is 0 Å². The van der Waals surface area contributed by atoms with Gasteiger partial charge in [0.2, 0.25) is 0 Å². The molecule has 1 fully saturated rings. The molecule has 1 saturated heterocycles. The zero-order chi connectivity index (χ0) is 9.14. The summed E-state index contributed by atoms with van der Waals surface area (Å²) in [6, 6.07) is 0. The molecular weight excluding hydrogens is 150 g/mol. The first kappa shape index (κ1) is 10.0. The Morgan fingerprint density at radius 3 is 2.50 bits per heavy atom. The lowest BCUT2D eigenvalue weighted by atomic mass is 9.95. The Kier molecular flexibility index (Phi) is 3.53. The molecule has 0 aromatic carbocycles. The first-order valence-electron chi connectivity index (χ1n) is 5.00. The normalized spacial score (nSPS) is 28.2. The number of likely N-dealkylation sites (tertiary alicyclic amines) is 1. The summed E-state index contributed by atoms with van der Waals surface area (Å²) >= 11 is 0. The standard InChI is InChI=1S/C10H21NO/c1-8(2)10-4-5-11(7-10)6-9(3)12/h8-10,12H,4-7H2,1-3H3/t9-,10?/m0/s1. The maximum absolute atomic E-state index is 9.20.